The van der Waals surface area contributed by atoms with Gasteiger partial charge in [-0.1, -0.05) is 11.6 Å². The monoisotopic (exact) mass is 281 g/mol. The molecule has 1 N–H and O–H groups in total. The van der Waals surface area contributed by atoms with Crippen LogP contribution in [-0.2, 0) is 4.79 Å². The van der Waals surface area contributed by atoms with Crippen molar-refractivity contribution >= 4 is 23.6 Å². The Bertz CT molecular complexity index is 501. The van der Waals surface area contributed by atoms with E-state index in [1.165, 1.54) is 6.08 Å². The lowest BCUT2D eigenvalue weighted by molar-refractivity contribution is -0.125. The molecule has 0 unspecified atom stereocenters. The van der Waals surface area contributed by atoms with Crippen LogP contribution in [0.2, 0.25) is 5.02 Å². The van der Waals surface area contributed by atoms with Crippen LogP contribution in [0.4, 0.5) is 0 Å². The van der Waals surface area contributed by atoms with Crippen LogP contribution < -0.4 is 4.74 Å². The predicted octanol–water partition coefficient (Wildman–Crippen LogP) is 1.95. The number of aliphatic hydroxyl groups excluding tert-OH is 1. The molecule has 0 aromatic heterocycles. The zero-order valence-corrected chi connectivity index (χ0v) is 11.4. The van der Waals surface area contributed by atoms with Crippen LogP contribution in [0, 0.1) is 0 Å². The van der Waals surface area contributed by atoms with Crippen molar-refractivity contribution in [2.24, 2.45) is 0 Å². The Morgan fingerprint density at radius 3 is 3.00 bits per heavy atom. The lowest BCUT2D eigenvalue weighted by Crippen LogP contribution is -2.27. The summed E-state index contributed by atoms with van der Waals surface area (Å²) < 4.78 is 5.20. The largest absolute Gasteiger partial charge is 0.496 e. The van der Waals surface area contributed by atoms with Crippen molar-refractivity contribution in [3.63, 3.8) is 0 Å². The third-order valence-electron chi connectivity index (χ3n) is 3.07. The molecule has 0 bridgehead atoms. The van der Waals surface area contributed by atoms with E-state index in [0.717, 1.165) is 5.56 Å². The van der Waals surface area contributed by atoms with Crippen LogP contribution in [-0.4, -0.2) is 42.2 Å². The van der Waals surface area contributed by atoms with Gasteiger partial charge in [0.25, 0.3) is 0 Å². The highest BCUT2D eigenvalue weighted by molar-refractivity contribution is 6.30. The summed E-state index contributed by atoms with van der Waals surface area (Å²) in [6, 6.07) is 5.23. The molecule has 1 amide bonds. The molecule has 1 atom stereocenters. The first-order valence-electron chi connectivity index (χ1n) is 6.08. The minimum Gasteiger partial charge on any atom is -0.496 e. The second-order valence-electron chi connectivity index (χ2n) is 4.45. The first-order valence-corrected chi connectivity index (χ1v) is 6.46. The lowest BCUT2D eigenvalue weighted by Gasteiger charge is -2.12. The third kappa shape index (κ3) is 3.49. The van der Waals surface area contributed by atoms with Crippen molar-refractivity contribution in [2.75, 3.05) is 20.2 Å². The summed E-state index contributed by atoms with van der Waals surface area (Å²) in [5.74, 6) is 0.550. The predicted molar refractivity (Wildman–Crippen MR) is 74.2 cm³/mol. The van der Waals surface area contributed by atoms with Crippen LogP contribution in [0.15, 0.2) is 24.3 Å². The Morgan fingerprint density at radius 2 is 2.37 bits per heavy atom. The minimum absolute atomic E-state index is 0.112. The number of nitrogens with zero attached hydrogens (tertiary/aromatic N) is 1. The Balaban J connectivity index is 2.09. The first kappa shape index (κ1) is 13.9. The number of methoxy groups -OCH3 is 1. The zero-order chi connectivity index (χ0) is 13.8. The van der Waals surface area contributed by atoms with E-state index in [1.807, 2.05) is 0 Å². The van der Waals surface area contributed by atoms with E-state index in [1.54, 1.807) is 36.3 Å². The molecule has 5 heteroatoms. The number of hydrogen-bond acceptors (Lipinski definition) is 3. The number of likely N-dealkylation sites (tertiary alicyclic amines) is 1. The Hall–Kier alpha value is -1.52. The highest BCUT2D eigenvalue weighted by Crippen LogP contribution is 2.24. The number of carbonyl (C=O) groups is 1. The normalized spacial score (nSPS) is 19.1. The molecule has 0 aliphatic carbocycles. The zero-order valence-electron chi connectivity index (χ0n) is 10.7. The molecule has 2 rings (SSSR count). The molecule has 0 saturated carbocycles. The number of aliphatic hydroxyl groups is 1. The van der Waals surface area contributed by atoms with Crippen molar-refractivity contribution in [3.8, 4) is 5.75 Å². The molecule has 1 aromatic carbocycles. The Kier molecular flexibility index (Phi) is 4.45. The SMILES string of the molecule is COc1ccc(Cl)cc1C=CC(=O)N1CC[C@@H](O)C1. The number of carbonyl (C=O) groups excluding carboxylic acids is 1. The summed E-state index contributed by atoms with van der Waals surface area (Å²) >= 11 is 5.92. The van der Waals surface area contributed by atoms with Gasteiger partial charge in [0.15, 0.2) is 0 Å². The van der Waals surface area contributed by atoms with Gasteiger partial charge in [0.1, 0.15) is 5.75 Å². The highest BCUT2D eigenvalue weighted by atomic mass is 35.5. The summed E-state index contributed by atoms with van der Waals surface area (Å²) in [4.78, 5) is 13.5. The summed E-state index contributed by atoms with van der Waals surface area (Å²) in [5, 5.41) is 9.98. The minimum atomic E-state index is -0.405. The van der Waals surface area contributed by atoms with Crippen LogP contribution >= 0.6 is 11.6 Å². The average molecular weight is 282 g/mol. The van der Waals surface area contributed by atoms with Crippen molar-refractivity contribution in [3.05, 3.63) is 34.9 Å². The van der Waals surface area contributed by atoms with Gasteiger partial charge in [0.2, 0.25) is 5.91 Å². The number of hydrogen-bond donors (Lipinski definition) is 1. The molecule has 4 nitrogen and oxygen atoms in total. The van der Waals surface area contributed by atoms with E-state index in [4.69, 9.17) is 16.3 Å². The second kappa shape index (κ2) is 6.08. The first-order chi connectivity index (χ1) is 9.10. The molecule has 1 saturated heterocycles. The van der Waals surface area contributed by atoms with Crippen molar-refractivity contribution in [1.82, 2.24) is 4.90 Å². The maximum Gasteiger partial charge on any atom is 0.246 e. The second-order valence-corrected chi connectivity index (χ2v) is 4.88. The molecule has 102 valence electrons. The number of β-amino-alcohol motifs (C(OH)–C–C–N with tert-alkyl or cyclic N) is 1. The number of rotatable bonds is 3. The number of ether oxygens (including phenoxy) is 1. The van der Waals surface area contributed by atoms with Gasteiger partial charge in [0, 0.05) is 29.8 Å². The van der Waals surface area contributed by atoms with E-state index >= 15 is 0 Å². The summed E-state index contributed by atoms with van der Waals surface area (Å²) in [5.41, 5.74) is 0.753. The average Bonchev–Trinajstić information content (AvgIpc) is 2.83. The van der Waals surface area contributed by atoms with Gasteiger partial charge >= 0.3 is 0 Å². The van der Waals surface area contributed by atoms with E-state index in [2.05, 4.69) is 0 Å². The molecular formula is C14H16ClNO3. The van der Waals surface area contributed by atoms with Gasteiger partial charge in [0.05, 0.1) is 13.2 Å². The molecule has 19 heavy (non-hydrogen) atoms. The third-order valence-corrected chi connectivity index (χ3v) is 3.31. The quantitative estimate of drug-likeness (QED) is 0.862. The molecule has 1 aromatic rings. The van der Waals surface area contributed by atoms with Crippen molar-refractivity contribution in [1.29, 1.82) is 0 Å². The molecular weight excluding hydrogens is 266 g/mol. The fraction of sp³-hybridized carbons (Fsp3) is 0.357. The fourth-order valence-electron chi connectivity index (χ4n) is 2.04. The van der Waals surface area contributed by atoms with Gasteiger partial charge in [-0.25, -0.2) is 0 Å². The van der Waals surface area contributed by atoms with Gasteiger partial charge in [-0.2, -0.15) is 0 Å². The molecule has 1 heterocycles. The molecule has 0 spiro atoms. The standard InChI is InChI=1S/C14H16ClNO3/c1-19-13-4-3-11(15)8-10(13)2-5-14(18)16-7-6-12(17)9-16/h2-5,8,12,17H,6-7,9H2,1H3/t12-/m1/s1. The molecule has 1 aliphatic heterocycles. The van der Waals surface area contributed by atoms with Crippen molar-refractivity contribution < 1.29 is 14.6 Å². The smallest absolute Gasteiger partial charge is 0.246 e. The van der Waals surface area contributed by atoms with Gasteiger partial charge in [-0.05, 0) is 30.7 Å². The number of halogens is 1. The summed E-state index contributed by atoms with van der Waals surface area (Å²) in [6.45, 7) is 0.993. The molecule has 0 radical (unpaired) electrons. The maximum absolute atomic E-state index is 11.9. The van der Waals surface area contributed by atoms with Crippen LogP contribution in [0.25, 0.3) is 6.08 Å². The summed E-state index contributed by atoms with van der Waals surface area (Å²) in [6.07, 6.45) is 3.39. The molecule has 1 fully saturated rings. The van der Waals surface area contributed by atoms with Gasteiger partial charge < -0.3 is 14.7 Å². The highest BCUT2D eigenvalue weighted by Gasteiger charge is 2.22. The Labute approximate surface area is 117 Å². The van der Waals surface area contributed by atoms with Crippen LogP contribution in [0.5, 0.6) is 5.75 Å². The number of benzene rings is 1. The van der Waals surface area contributed by atoms with Gasteiger partial charge in [-0.3, -0.25) is 4.79 Å². The lowest BCUT2D eigenvalue weighted by atomic mass is 10.2. The van der Waals surface area contributed by atoms with E-state index in [9.17, 15) is 9.90 Å². The number of amides is 1. The molecule has 1 aliphatic rings. The van der Waals surface area contributed by atoms with E-state index in [0.29, 0.717) is 30.3 Å². The van der Waals surface area contributed by atoms with Crippen LogP contribution in [0.1, 0.15) is 12.0 Å². The fourth-order valence-corrected chi connectivity index (χ4v) is 2.22. The topological polar surface area (TPSA) is 49.8 Å². The summed E-state index contributed by atoms with van der Waals surface area (Å²) in [7, 11) is 1.57. The Morgan fingerprint density at radius 1 is 1.58 bits per heavy atom. The van der Waals surface area contributed by atoms with Crippen molar-refractivity contribution in [2.45, 2.75) is 12.5 Å². The van der Waals surface area contributed by atoms with E-state index in [-0.39, 0.29) is 5.91 Å². The maximum atomic E-state index is 11.9. The van der Waals surface area contributed by atoms with E-state index < -0.39 is 6.10 Å². The van der Waals surface area contributed by atoms with Crippen LogP contribution in [0.3, 0.4) is 0 Å². The van der Waals surface area contributed by atoms with Gasteiger partial charge in [-0.15, -0.1) is 0 Å².